The molecule has 1 aromatic heterocycles. The highest BCUT2D eigenvalue weighted by Crippen LogP contribution is 2.21. The Hall–Kier alpha value is -1.02. The van der Waals surface area contributed by atoms with Crippen LogP contribution in [0.4, 0.5) is 5.13 Å². The van der Waals surface area contributed by atoms with Crippen LogP contribution in [0, 0.1) is 0 Å². The van der Waals surface area contributed by atoms with E-state index in [4.69, 9.17) is 16.6 Å². The zero-order valence-corrected chi connectivity index (χ0v) is 15.0. The number of nitrogens with one attached hydrogen (secondary N) is 1. The second kappa shape index (κ2) is 9.19. The zero-order chi connectivity index (χ0) is 16.6. The first-order valence-electron chi connectivity index (χ1n) is 5.81. The highest BCUT2D eigenvalue weighted by molar-refractivity contribution is 8.14. The van der Waals surface area contributed by atoms with E-state index in [1.54, 1.807) is 18.0 Å². The van der Waals surface area contributed by atoms with Gasteiger partial charge in [0.2, 0.25) is 5.13 Å². The summed E-state index contributed by atoms with van der Waals surface area (Å²) < 4.78 is 23.9. The highest BCUT2D eigenvalue weighted by Gasteiger charge is 2.05. The van der Waals surface area contributed by atoms with Crippen molar-refractivity contribution in [3.63, 3.8) is 0 Å². The Morgan fingerprint density at radius 3 is 2.82 bits per heavy atom. The average Bonchev–Trinajstić information content (AvgIpc) is 2.82. The van der Waals surface area contributed by atoms with Crippen LogP contribution >= 0.6 is 34.9 Å². The normalized spacial score (nSPS) is 12.2. The lowest BCUT2D eigenvalue weighted by atomic mass is 10.6. The van der Waals surface area contributed by atoms with Gasteiger partial charge in [-0.3, -0.25) is 4.99 Å². The van der Waals surface area contributed by atoms with Gasteiger partial charge in [0, 0.05) is 16.9 Å². The summed E-state index contributed by atoms with van der Waals surface area (Å²) in [7, 11) is -3.78. The number of rotatable bonds is 7. The summed E-state index contributed by atoms with van der Waals surface area (Å²) in [4.78, 5) is 12.2. The van der Waals surface area contributed by atoms with E-state index in [2.05, 4.69) is 19.7 Å². The highest BCUT2D eigenvalue weighted by atomic mass is 32.2. The van der Waals surface area contributed by atoms with Crippen molar-refractivity contribution in [1.29, 1.82) is 0 Å². The predicted octanol–water partition coefficient (Wildman–Crippen LogP) is -0.207. The lowest BCUT2D eigenvalue weighted by molar-refractivity contribution is 0.594. The molecule has 0 aliphatic rings. The van der Waals surface area contributed by atoms with E-state index < -0.39 is 10.2 Å². The molecular weight excluding hydrogens is 366 g/mol. The van der Waals surface area contributed by atoms with Crippen molar-refractivity contribution in [1.82, 2.24) is 9.71 Å². The molecule has 9 nitrogen and oxygen atoms in total. The lowest BCUT2D eigenvalue weighted by Crippen LogP contribution is -2.34. The van der Waals surface area contributed by atoms with Gasteiger partial charge in [-0.25, -0.2) is 14.8 Å². The first kappa shape index (κ1) is 19.0. The van der Waals surface area contributed by atoms with Crippen LogP contribution in [0.5, 0.6) is 0 Å². The smallest absolute Gasteiger partial charge is 0.298 e. The van der Waals surface area contributed by atoms with Crippen LogP contribution < -0.4 is 21.3 Å². The molecular formula is C9H17N7O2S4. The summed E-state index contributed by atoms with van der Waals surface area (Å²) in [5.74, 6) is 1.39. The number of nitrogens with zero attached hydrogens (tertiary/aromatic N) is 3. The van der Waals surface area contributed by atoms with Gasteiger partial charge in [-0.05, 0) is 6.26 Å². The fourth-order valence-electron chi connectivity index (χ4n) is 1.17. The molecule has 0 radical (unpaired) electrons. The molecule has 1 aromatic rings. The van der Waals surface area contributed by atoms with Gasteiger partial charge in [0.05, 0.1) is 12.2 Å². The Kier molecular flexibility index (Phi) is 7.95. The maximum absolute atomic E-state index is 10.9. The minimum Gasteiger partial charge on any atom is -0.370 e. The molecule has 7 N–H and O–H groups in total. The van der Waals surface area contributed by atoms with Gasteiger partial charge in [-0.2, -0.15) is 25.2 Å². The molecule has 1 rings (SSSR count). The molecule has 0 aromatic carbocycles. The molecule has 1 heterocycles. The van der Waals surface area contributed by atoms with Crippen LogP contribution in [0.15, 0.2) is 15.4 Å². The monoisotopic (exact) mass is 383 g/mol. The van der Waals surface area contributed by atoms with Gasteiger partial charge in [-0.15, -0.1) is 11.3 Å². The van der Waals surface area contributed by atoms with Crippen LogP contribution in [0.1, 0.15) is 5.69 Å². The second-order valence-electron chi connectivity index (χ2n) is 3.75. The summed E-state index contributed by atoms with van der Waals surface area (Å²) in [5.41, 5.74) is 11.4. The van der Waals surface area contributed by atoms with Crippen molar-refractivity contribution < 1.29 is 8.42 Å². The molecule has 0 amide bonds. The van der Waals surface area contributed by atoms with Crippen LogP contribution in [0.25, 0.3) is 0 Å². The maximum atomic E-state index is 10.9. The third-order valence-corrected chi connectivity index (χ3v) is 4.91. The molecule has 0 spiro atoms. The van der Waals surface area contributed by atoms with E-state index >= 15 is 0 Å². The fourth-order valence-corrected chi connectivity index (χ4v) is 3.92. The number of aliphatic imine (C=N–C) groups is 2. The van der Waals surface area contributed by atoms with E-state index in [0.717, 1.165) is 5.69 Å². The molecule has 0 aliphatic heterocycles. The minimum absolute atomic E-state index is 0.0187. The number of amidine groups is 1. The van der Waals surface area contributed by atoms with Crippen molar-refractivity contribution >= 4 is 61.3 Å². The van der Waals surface area contributed by atoms with Gasteiger partial charge in [0.15, 0.2) is 11.1 Å². The molecule has 0 unspecified atom stereocenters. The standard InChI is InChI=1S/C9H17N7O2S4/c1-19-8(16-22(12,17)18)13-2-3-20-4-6-5-21-9(14-6)15-7(10)11/h5H,2-4H2,1H3,(H,13,16)(H2,12,17,18)(H4,10,11,14,15). The van der Waals surface area contributed by atoms with E-state index in [1.807, 2.05) is 5.38 Å². The minimum atomic E-state index is -3.78. The van der Waals surface area contributed by atoms with Gasteiger partial charge in [-0.1, -0.05) is 11.8 Å². The number of hydrogen-bond donors (Lipinski definition) is 4. The van der Waals surface area contributed by atoms with Crippen LogP contribution in [0.2, 0.25) is 0 Å². The van der Waals surface area contributed by atoms with Gasteiger partial charge >= 0.3 is 0 Å². The van der Waals surface area contributed by atoms with Crippen molar-refractivity contribution in [2.45, 2.75) is 5.75 Å². The Balaban J connectivity index is 2.35. The SMILES string of the molecule is CSC(=NCCSCc1csc(N=C(N)N)n1)NS(N)(=O)=O. The Bertz CT molecular complexity index is 636. The van der Waals surface area contributed by atoms with Crippen molar-refractivity contribution in [2.75, 3.05) is 18.6 Å². The molecule has 0 saturated heterocycles. The van der Waals surface area contributed by atoms with Crippen LogP contribution in [-0.4, -0.2) is 43.1 Å². The van der Waals surface area contributed by atoms with E-state index in [9.17, 15) is 8.42 Å². The Morgan fingerprint density at radius 2 is 2.23 bits per heavy atom. The van der Waals surface area contributed by atoms with Crippen LogP contribution in [-0.2, 0) is 16.0 Å². The van der Waals surface area contributed by atoms with Crippen molar-refractivity contribution in [3.8, 4) is 0 Å². The summed E-state index contributed by atoms with van der Waals surface area (Å²) in [6, 6.07) is 0. The maximum Gasteiger partial charge on any atom is 0.298 e. The first-order chi connectivity index (χ1) is 10.3. The van der Waals surface area contributed by atoms with Crippen molar-refractivity contribution in [2.24, 2.45) is 26.6 Å². The zero-order valence-electron chi connectivity index (χ0n) is 11.7. The first-order valence-corrected chi connectivity index (χ1v) is 10.6. The predicted molar refractivity (Wildman–Crippen MR) is 95.8 cm³/mol. The third kappa shape index (κ3) is 8.43. The Labute approximate surface area is 141 Å². The topological polar surface area (TPSA) is 162 Å². The number of aromatic nitrogens is 1. The largest absolute Gasteiger partial charge is 0.370 e. The molecule has 0 fully saturated rings. The number of guanidine groups is 1. The molecule has 0 bridgehead atoms. The molecule has 13 heteroatoms. The van der Waals surface area contributed by atoms with Crippen LogP contribution in [0.3, 0.4) is 0 Å². The van der Waals surface area contributed by atoms with Gasteiger partial charge in [0.25, 0.3) is 10.2 Å². The number of thiazole rings is 1. The molecule has 0 aliphatic carbocycles. The van der Waals surface area contributed by atoms with E-state index in [0.29, 0.717) is 23.2 Å². The average molecular weight is 384 g/mol. The summed E-state index contributed by atoms with van der Waals surface area (Å²) >= 11 is 4.16. The number of hydrogen-bond acceptors (Lipinski definition) is 8. The third-order valence-electron chi connectivity index (χ3n) is 1.93. The second-order valence-corrected chi connectivity index (χ2v) is 7.78. The summed E-state index contributed by atoms with van der Waals surface area (Å²) in [5, 5.41) is 7.56. The molecule has 0 saturated carbocycles. The molecule has 0 atom stereocenters. The fraction of sp³-hybridized carbons (Fsp3) is 0.444. The summed E-state index contributed by atoms with van der Waals surface area (Å²) in [6.45, 7) is 0.467. The molecule has 124 valence electrons. The van der Waals surface area contributed by atoms with E-state index in [1.165, 1.54) is 23.1 Å². The van der Waals surface area contributed by atoms with E-state index in [-0.39, 0.29) is 11.1 Å². The van der Waals surface area contributed by atoms with Crippen molar-refractivity contribution in [3.05, 3.63) is 11.1 Å². The number of nitrogens with two attached hydrogens (primary N) is 3. The van der Waals surface area contributed by atoms with Gasteiger partial charge in [0.1, 0.15) is 0 Å². The number of thioether (sulfide) groups is 2. The Morgan fingerprint density at radius 1 is 1.50 bits per heavy atom. The quantitative estimate of drug-likeness (QED) is 0.288. The molecule has 22 heavy (non-hydrogen) atoms. The van der Waals surface area contributed by atoms with Gasteiger partial charge < -0.3 is 11.5 Å². The summed E-state index contributed by atoms with van der Waals surface area (Å²) in [6.07, 6.45) is 1.71. The lowest BCUT2D eigenvalue weighted by Gasteiger charge is -2.04.